The van der Waals surface area contributed by atoms with Crippen molar-refractivity contribution in [3.05, 3.63) is 5.56 Å². The molecule has 0 aliphatic carbocycles. The Bertz CT molecular complexity index is 670. The minimum absolute atomic E-state index is 0.287. The molecule has 0 saturated heterocycles. The molecule has 0 aromatic heterocycles. The van der Waals surface area contributed by atoms with E-state index in [0.717, 1.165) is 0 Å². The summed E-state index contributed by atoms with van der Waals surface area (Å²) in [7, 11) is 0. The van der Waals surface area contributed by atoms with Crippen molar-refractivity contribution in [3.63, 3.8) is 0 Å². The molecule has 2 aromatic carbocycles. The summed E-state index contributed by atoms with van der Waals surface area (Å²) in [5.41, 5.74) is -2.06. The van der Waals surface area contributed by atoms with Crippen LogP contribution in [-0.2, 0) is 0 Å². The molecule has 0 bridgehead atoms. The Hall–Kier alpha value is -3.36. The number of hydrogen-bond acceptors (Lipinski definition) is 9. The van der Waals surface area contributed by atoms with Crippen molar-refractivity contribution >= 4 is 0 Å². The van der Waals surface area contributed by atoms with E-state index in [2.05, 4.69) is 0 Å². The van der Waals surface area contributed by atoms with Crippen LogP contribution in [0.25, 0.3) is 11.1 Å². The topological polar surface area (TPSA) is 182 Å². The largest absolute Gasteiger partial charge is 0.504 e. The summed E-state index contributed by atoms with van der Waals surface area (Å²) >= 11 is 0. The van der Waals surface area contributed by atoms with Crippen LogP contribution in [0.3, 0.4) is 0 Å². The smallest absolute Gasteiger partial charge is 0.208 e. The van der Waals surface area contributed by atoms with E-state index in [1.54, 1.807) is 0 Å². The summed E-state index contributed by atoms with van der Waals surface area (Å²) in [6, 6.07) is 0. The Morgan fingerprint density at radius 1 is 0.364 bits per heavy atom. The van der Waals surface area contributed by atoms with Crippen molar-refractivity contribution in [2.45, 2.75) is 6.92 Å². The third-order valence-corrected chi connectivity index (χ3v) is 3.25. The Morgan fingerprint density at radius 2 is 0.591 bits per heavy atom. The van der Waals surface area contributed by atoms with Gasteiger partial charge >= 0.3 is 0 Å². The molecular weight excluding hydrogens is 300 g/mol. The molecule has 2 rings (SSSR count). The molecule has 2 aromatic rings. The Kier molecular flexibility index (Phi) is 3.13. The van der Waals surface area contributed by atoms with E-state index >= 15 is 0 Å². The number of phenolic OH excluding ortho intramolecular Hbond substituents is 9. The fourth-order valence-electron chi connectivity index (χ4n) is 1.98. The Labute approximate surface area is 122 Å². The van der Waals surface area contributed by atoms with Gasteiger partial charge < -0.3 is 46.0 Å². The lowest BCUT2D eigenvalue weighted by Gasteiger charge is -2.17. The fourth-order valence-corrected chi connectivity index (χ4v) is 1.98. The van der Waals surface area contributed by atoms with E-state index in [1.165, 1.54) is 6.92 Å². The van der Waals surface area contributed by atoms with Crippen molar-refractivity contribution in [1.82, 2.24) is 0 Å². The second-order valence-corrected chi connectivity index (χ2v) is 4.51. The average Bonchev–Trinajstić information content (AvgIpc) is 2.50. The molecule has 0 radical (unpaired) electrons. The molecule has 118 valence electrons. The van der Waals surface area contributed by atoms with Gasteiger partial charge in [-0.3, -0.25) is 0 Å². The third-order valence-electron chi connectivity index (χ3n) is 3.25. The van der Waals surface area contributed by atoms with Gasteiger partial charge in [-0.1, -0.05) is 0 Å². The quantitative estimate of drug-likeness (QED) is 0.274. The second kappa shape index (κ2) is 4.58. The van der Waals surface area contributed by atoms with Crippen LogP contribution in [0.15, 0.2) is 0 Å². The Morgan fingerprint density at radius 3 is 0.909 bits per heavy atom. The molecule has 0 heterocycles. The van der Waals surface area contributed by atoms with Crippen LogP contribution >= 0.6 is 0 Å². The highest BCUT2D eigenvalue weighted by atomic mass is 16.4. The number of phenols is 9. The monoisotopic (exact) mass is 312 g/mol. The van der Waals surface area contributed by atoms with E-state index in [4.69, 9.17) is 0 Å². The molecule has 22 heavy (non-hydrogen) atoms. The van der Waals surface area contributed by atoms with Gasteiger partial charge in [0.15, 0.2) is 34.5 Å². The summed E-state index contributed by atoms with van der Waals surface area (Å²) in [6.45, 7) is 1.17. The maximum absolute atomic E-state index is 9.87. The van der Waals surface area contributed by atoms with Gasteiger partial charge in [0.05, 0.1) is 11.1 Å². The number of benzene rings is 2. The molecule has 0 fully saturated rings. The zero-order valence-electron chi connectivity index (χ0n) is 11.0. The number of aromatic hydroxyl groups is 9. The highest BCUT2D eigenvalue weighted by molar-refractivity contribution is 5.93. The maximum Gasteiger partial charge on any atom is 0.208 e. The molecule has 9 nitrogen and oxygen atoms in total. The van der Waals surface area contributed by atoms with Crippen LogP contribution < -0.4 is 0 Å². The lowest BCUT2D eigenvalue weighted by molar-refractivity contribution is 0.329. The first kappa shape index (κ1) is 15.0. The zero-order chi connectivity index (χ0) is 16.9. The molecule has 9 heteroatoms. The van der Waals surface area contributed by atoms with Crippen LogP contribution in [0, 0.1) is 6.92 Å². The van der Waals surface area contributed by atoms with Crippen LogP contribution in [0.5, 0.6) is 51.7 Å². The Balaban J connectivity index is 3.03. The van der Waals surface area contributed by atoms with E-state index in [9.17, 15) is 46.0 Å². The summed E-state index contributed by atoms with van der Waals surface area (Å²) < 4.78 is 0. The summed E-state index contributed by atoms with van der Waals surface area (Å²) in [5.74, 6) is -9.95. The van der Waals surface area contributed by atoms with Crippen molar-refractivity contribution in [1.29, 1.82) is 0 Å². The molecule has 0 saturated carbocycles. The van der Waals surface area contributed by atoms with Crippen molar-refractivity contribution in [2.75, 3.05) is 0 Å². The zero-order valence-corrected chi connectivity index (χ0v) is 11.0. The highest BCUT2D eigenvalue weighted by Crippen LogP contribution is 2.60. The standard InChI is InChI=1S/C13H12O9/c1-2-5(14)7(16)3(8(17)6(2)15)4-9(18)11(20)13(22)12(21)10(4)19/h14-22H,1H3. The van der Waals surface area contributed by atoms with Gasteiger partial charge in [0.2, 0.25) is 17.2 Å². The first-order chi connectivity index (χ1) is 10.1. The summed E-state index contributed by atoms with van der Waals surface area (Å²) in [6.07, 6.45) is 0. The molecule has 9 N–H and O–H groups in total. The maximum atomic E-state index is 9.87. The molecule has 0 unspecified atom stereocenters. The molecule has 0 aliphatic rings. The van der Waals surface area contributed by atoms with E-state index < -0.39 is 62.9 Å². The van der Waals surface area contributed by atoms with Crippen molar-refractivity contribution in [3.8, 4) is 62.9 Å². The van der Waals surface area contributed by atoms with E-state index in [1.807, 2.05) is 0 Å². The van der Waals surface area contributed by atoms with E-state index in [0.29, 0.717) is 0 Å². The predicted molar refractivity (Wildman–Crippen MR) is 71.6 cm³/mol. The van der Waals surface area contributed by atoms with Gasteiger partial charge in [0.25, 0.3) is 0 Å². The van der Waals surface area contributed by atoms with Crippen molar-refractivity contribution in [2.24, 2.45) is 0 Å². The first-order valence-corrected chi connectivity index (χ1v) is 5.76. The lowest BCUT2D eigenvalue weighted by atomic mass is 9.96. The van der Waals surface area contributed by atoms with Crippen molar-refractivity contribution < 1.29 is 46.0 Å². The lowest BCUT2D eigenvalue weighted by Crippen LogP contribution is -1.89. The molecule has 0 spiro atoms. The average molecular weight is 312 g/mol. The minimum Gasteiger partial charge on any atom is -0.504 e. The van der Waals surface area contributed by atoms with Gasteiger partial charge in [0.1, 0.15) is 0 Å². The van der Waals surface area contributed by atoms with Gasteiger partial charge in [-0.05, 0) is 6.92 Å². The molecule has 0 aliphatic heterocycles. The van der Waals surface area contributed by atoms with Gasteiger partial charge in [-0.15, -0.1) is 0 Å². The normalized spacial score (nSPS) is 10.8. The van der Waals surface area contributed by atoms with Gasteiger partial charge in [-0.2, -0.15) is 0 Å². The predicted octanol–water partition coefficient (Wildman–Crippen LogP) is 1.01. The first-order valence-electron chi connectivity index (χ1n) is 5.76. The molecule has 0 atom stereocenters. The van der Waals surface area contributed by atoms with Gasteiger partial charge in [0, 0.05) is 5.56 Å². The van der Waals surface area contributed by atoms with Gasteiger partial charge in [-0.25, -0.2) is 0 Å². The van der Waals surface area contributed by atoms with E-state index in [-0.39, 0.29) is 5.56 Å². The number of rotatable bonds is 1. The summed E-state index contributed by atoms with van der Waals surface area (Å²) in [4.78, 5) is 0. The second-order valence-electron chi connectivity index (χ2n) is 4.51. The minimum atomic E-state index is -1.25. The molecule has 0 amide bonds. The summed E-state index contributed by atoms with van der Waals surface area (Å²) in [5, 5.41) is 86.8. The number of hydrogen-bond donors (Lipinski definition) is 9. The highest BCUT2D eigenvalue weighted by Gasteiger charge is 2.31. The fraction of sp³-hybridized carbons (Fsp3) is 0.0769. The van der Waals surface area contributed by atoms with Crippen LogP contribution in [0.2, 0.25) is 0 Å². The SMILES string of the molecule is Cc1c(O)c(O)c(-c2c(O)c(O)c(O)c(O)c2O)c(O)c1O. The third kappa shape index (κ3) is 1.72. The van der Waals surface area contributed by atoms with Crippen LogP contribution in [0.1, 0.15) is 5.56 Å². The van der Waals surface area contributed by atoms with Crippen LogP contribution in [0.4, 0.5) is 0 Å². The van der Waals surface area contributed by atoms with Crippen LogP contribution in [-0.4, -0.2) is 46.0 Å². The molecular formula is C13H12O9.